The smallest absolute Gasteiger partial charge is 0.0471 e. The third-order valence-electron chi connectivity index (χ3n) is 4.43. The number of nitrogens with two attached hydrogens (primary N) is 1. The molecule has 0 aliphatic heterocycles. The van der Waals surface area contributed by atoms with Crippen molar-refractivity contribution in [2.24, 2.45) is 23.0 Å². The van der Waals surface area contributed by atoms with E-state index in [0.717, 1.165) is 38.0 Å². The van der Waals surface area contributed by atoms with Crippen molar-refractivity contribution >= 4 is 0 Å². The van der Waals surface area contributed by atoms with Crippen molar-refractivity contribution in [2.75, 3.05) is 19.8 Å². The monoisotopic (exact) mass is 241 g/mol. The molecule has 2 atom stereocenters. The zero-order chi connectivity index (χ0) is 12.7. The third kappa shape index (κ3) is 4.97. The van der Waals surface area contributed by atoms with Crippen LogP contribution in [0.2, 0.25) is 0 Å². The van der Waals surface area contributed by atoms with Gasteiger partial charge in [0.2, 0.25) is 0 Å². The standard InChI is InChI=1S/C15H31NO/c1-4-14-5-7-15(11-14,12-16)8-10-17-9-6-13(2)3/h13-14H,4-12,16H2,1-3H3. The summed E-state index contributed by atoms with van der Waals surface area (Å²) in [7, 11) is 0. The van der Waals surface area contributed by atoms with Gasteiger partial charge in [-0.3, -0.25) is 0 Å². The Kier molecular flexibility index (Phi) is 6.50. The van der Waals surface area contributed by atoms with Crippen molar-refractivity contribution in [1.29, 1.82) is 0 Å². The predicted octanol–water partition coefficient (Wildman–Crippen LogP) is 3.59. The van der Waals surface area contributed by atoms with Crippen LogP contribution in [-0.2, 0) is 4.74 Å². The summed E-state index contributed by atoms with van der Waals surface area (Å²) in [5, 5.41) is 0. The largest absolute Gasteiger partial charge is 0.381 e. The second kappa shape index (κ2) is 7.38. The van der Waals surface area contributed by atoms with Crippen molar-refractivity contribution in [3.63, 3.8) is 0 Å². The zero-order valence-corrected chi connectivity index (χ0v) is 12.0. The van der Waals surface area contributed by atoms with Gasteiger partial charge in [0.15, 0.2) is 0 Å². The zero-order valence-electron chi connectivity index (χ0n) is 12.0. The molecule has 1 aliphatic rings. The van der Waals surface area contributed by atoms with Crippen molar-refractivity contribution < 1.29 is 4.74 Å². The molecule has 0 aromatic carbocycles. The molecular formula is C15H31NO. The minimum absolute atomic E-state index is 0.401. The summed E-state index contributed by atoms with van der Waals surface area (Å²) < 4.78 is 5.75. The number of ether oxygens (including phenoxy) is 1. The van der Waals surface area contributed by atoms with Crippen molar-refractivity contribution in [2.45, 2.75) is 59.3 Å². The highest BCUT2D eigenvalue weighted by molar-refractivity contribution is 4.89. The molecule has 0 saturated heterocycles. The Hall–Kier alpha value is -0.0800. The fourth-order valence-electron chi connectivity index (χ4n) is 2.90. The molecule has 0 heterocycles. The van der Waals surface area contributed by atoms with Gasteiger partial charge in [0, 0.05) is 13.2 Å². The lowest BCUT2D eigenvalue weighted by Crippen LogP contribution is -2.29. The van der Waals surface area contributed by atoms with Crippen LogP contribution >= 0.6 is 0 Å². The normalized spacial score (nSPS) is 29.1. The molecule has 2 unspecified atom stereocenters. The number of rotatable bonds is 8. The number of hydrogen-bond acceptors (Lipinski definition) is 2. The van der Waals surface area contributed by atoms with Gasteiger partial charge in [-0.1, -0.05) is 27.2 Å². The van der Waals surface area contributed by atoms with Gasteiger partial charge in [-0.05, 0) is 55.9 Å². The van der Waals surface area contributed by atoms with Gasteiger partial charge in [0.1, 0.15) is 0 Å². The Morgan fingerprint density at radius 1 is 1.35 bits per heavy atom. The summed E-state index contributed by atoms with van der Waals surface area (Å²) in [5.74, 6) is 1.66. The lowest BCUT2D eigenvalue weighted by molar-refractivity contribution is 0.0884. The molecule has 102 valence electrons. The van der Waals surface area contributed by atoms with Crippen molar-refractivity contribution in [3.05, 3.63) is 0 Å². The van der Waals surface area contributed by atoms with E-state index in [-0.39, 0.29) is 0 Å². The van der Waals surface area contributed by atoms with Crippen molar-refractivity contribution in [1.82, 2.24) is 0 Å². The quantitative estimate of drug-likeness (QED) is 0.659. The van der Waals surface area contributed by atoms with Gasteiger partial charge in [0.05, 0.1) is 0 Å². The Morgan fingerprint density at radius 3 is 2.65 bits per heavy atom. The fourth-order valence-corrected chi connectivity index (χ4v) is 2.90. The molecule has 1 aliphatic carbocycles. The van der Waals surface area contributed by atoms with Gasteiger partial charge in [0.25, 0.3) is 0 Å². The minimum atomic E-state index is 0.401. The summed E-state index contributed by atoms with van der Waals surface area (Å²) in [6.45, 7) is 9.45. The van der Waals surface area contributed by atoms with E-state index in [1.807, 2.05) is 0 Å². The van der Waals surface area contributed by atoms with Crippen LogP contribution < -0.4 is 5.73 Å². The maximum atomic E-state index is 5.99. The highest BCUT2D eigenvalue weighted by atomic mass is 16.5. The molecule has 0 spiro atoms. The van der Waals surface area contributed by atoms with Crippen molar-refractivity contribution in [3.8, 4) is 0 Å². The van der Waals surface area contributed by atoms with E-state index >= 15 is 0 Å². The summed E-state index contributed by atoms with van der Waals surface area (Å²) in [4.78, 5) is 0. The van der Waals surface area contributed by atoms with E-state index in [1.165, 1.54) is 32.1 Å². The maximum absolute atomic E-state index is 5.99. The highest BCUT2D eigenvalue weighted by Gasteiger charge is 2.36. The topological polar surface area (TPSA) is 35.2 Å². The molecule has 2 N–H and O–H groups in total. The second-order valence-corrected chi connectivity index (χ2v) is 6.27. The highest BCUT2D eigenvalue weighted by Crippen LogP contribution is 2.44. The lowest BCUT2D eigenvalue weighted by Gasteiger charge is -2.27. The molecule has 0 radical (unpaired) electrons. The van der Waals surface area contributed by atoms with Gasteiger partial charge in [-0.2, -0.15) is 0 Å². The van der Waals surface area contributed by atoms with Gasteiger partial charge >= 0.3 is 0 Å². The van der Waals surface area contributed by atoms with E-state index in [4.69, 9.17) is 10.5 Å². The SMILES string of the molecule is CCC1CCC(CN)(CCOCCC(C)C)C1. The van der Waals surface area contributed by atoms with Crippen LogP contribution in [0, 0.1) is 17.3 Å². The molecule has 0 amide bonds. The van der Waals surface area contributed by atoms with Gasteiger partial charge in [-0.25, -0.2) is 0 Å². The second-order valence-electron chi connectivity index (χ2n) is 6.27. The molecule has 2 nitrogen and oxygen atoms in total. The first-order valence-corrected chi connectivity index (χ1v) is 7.39. The van der Waals surface area contributed by atoms with Gasteiger partial charge < -0.3 is 10.5 Å². The third-order valence-corrected chi connectivity index (χ3v) is 4.43. The average Bonchev–Trinajstić information content (AvgIpc) is 2.73. The first-order valence-electron chi connectivity index (χ1n) is 7.39. The van der Waals surface area contributed by atoms with Crippen LogP contribution in [0.5, 0.6) is 0 Å². The van der Waals surface area contributed by atoms with Crippen LogP contribution in [-0.4, -0.2) is 19.8 Å². The molecule has 0 aromatic rings. The maximum Gasteiger partial charge on any atom is 0.0471 e. The Bertz CT molecular complexity index is 205. The first kappa shape index (κ1) is 15.0. The van der Waals surface area contributed by atoms with Crippen LogP contribution in [0.1, 0.15) is 59.3 Å². The number of hydrogen-bond donors (Lipinski definition) is 1. The van der Waals surface area contributed by atoms with E-state index in [9.17, 15) is 0 Å². The summed E-state index contributed by atoms with van der Waals surface area (Å²) in [5.41, 5.74) is 6.39. The van der Waals surface area contributed by atoms with E-state index in [0.29, 0.717) is 5.41 Å². The summed E-state index contributed by atoms with van der Waals surface area (Å²) >= 11 is 0. The van der Waals surface area contributed by atoms with Crippen LogP contribution in [0.4, 0.5) is 0 Å². The minimum Gasteiger partial charge on any atom is -0.381 e. The predicted molar refractivity (Wildman–Crippen MR) is 74.0 cm³/mol. The lowest BCUT2D eigenvalue weighted by atomic mass is 9.82. The molecule has 1 saturated carbocycles. The summed E-state index contributed by atoms with van der Waals surface area (Å²) in [6, 6.07) is 0. The van der Waals surface area contributed by atoms with Crippen LogP contribution in [0.25, 0.3) is 0 Å². The molecule has 0 aromatic heterocycles. The molecule has 0 bridgehead atoms. The molecule has 17 heavy (non-hydrogen) atoms. The van der Waals surface area contributed by atoms with E-state index in [1.54, 1.807) is 0 Å². The van der Waals surface area contributed by atoms with Gasteiger partial charge in [-0.15, -0.1) is 0 Å². The Balaban J connectivity index is 2.19. The molecular weight excluding hydrogens is 210 g/mol. The molecule has 1 rings (SSSR count). The molecule has 2 heteroatoms. The average molecular weight is 241 g/mol. The van der Waals surface area contributed by atoms with E-state index in [2.05, 4.69) is 20.8 Å². The molecule has 1 fully saturated rings. The van der Waals surface area contributed by atoms with Crippen LogP contribution in [0.3, 0.4) is 0 Å². The Morgan fingerprint density at radius 2 is 2.12 bits per heavy atom. The van der Waals surface area contributed by atoms with Crippen LogP contribution in [0.15, 0.2) is 0 Å². The fraction of sp³-hybridized carbons (Fsp3) is 1.00. The first-order chi connectivity index (χ1) is 8.12. The Labute approximate surface area is 107 Å². The summed E-state index contributed by atoms with van der Waals surface area (Å²) in [6.07, 6.45) is 7.67. The van der Waals surface area contributed by atoms with E-state index < -0.39 is 0 Å².